The average molecular weight is 228 g/mol. The van der Waals surface area contributed by atoms with Gasteiger partial charge in [-0.05, 0) is 0 Å². The number of hydrogen-bond donors (Lipinski definition) is 8. The van der Waals surface area contributed by atoms with E-state index in [1.807, 2.05) is 0 Å². The molecule has 0 saturated carbocycles. The molecule has 11 nitrogen and oxygen atoms in total. The third-order valence-corrected chi connectivity index (χ3v) is 0. The van der Waals surface area contributed by atoms with E-state index in [1.54, 1.807) is 0 Å². The minimum atomic E-state index is -4.67. The fourth-order valence-electron chi connectivity index (χ4n) is 0. The van der Waals surface area contributed by atoms with Crippen LogP contribution in [0.4, 0.5) is 4.79 Å². The fourth-order valence-corrected chi connectivity index (χ4v) is 0. The molecule has 12 heteroatoms. The second kappa shape index (κ2) is 17.2. The lowest BCUT2D eigenvalue weighted by Gasteiger charge is -1.68. The summed E-state index contributed by atoms with van der Waals surface area (Å²) in [6, 6.07) is 0. The molecular formula is CH16N4O7S. The fraction of sp³-hybridized carbons (Fsp3) is 0. The van der Waals surface area contributed by atoms with E-state index in [0.717, 1.165) is 0 Å². The molecule has 0 aromatic rings. The largest absolute Gasteiger partial charge is 0.503 e. The van der Waals surface area contributed by atoms with E-state index in [9.17, 15) is 0 Å². The van der Waals surface area contributed by atoms with Crippen LogP contribution in [0.1, 0.15) is 0 Å². The van der Waals surface area contributed by atoms with Crippen molar-refractivity contribution in [3.63, 3.8) is 0 Å². The van der Waals surface area contributed by atoms with Gasteiger partial charge >= 0.3 is 16.6 Å². The number of carboxylic acid groups (broad SMARTS) is 2. The zero-order valence-corrected chi connectivity index (χ0v) is 7.57. The molecule has 0 aromatic heterocycles. The molecule has 0 heterocycles. The van der Waals surface area contributed by atoms with E-state index in [0.29, 0.717) is 0 Å². The summed E-state index contributed by atoms with van der Waals surface area (Å²) in [5.41, 5.74) is 0. The summed E-state index contributed by atoms with van der Waals surface area (Å²) in [4.78, 5) is 8.56. The molecule has 0 aliphatic heterocycles. The Morgan fingerprint density at radius 3 is 0.846 bits per heavy atom. The lowest BCUT2D eigenvalue weighted by molar-refractivity contribution is 0.137. The van der Waals surface area contributed by atoms with Gasteiger partial charge in [-0.3, -0.25) is 9.11 Å². The Morgan fingerprint density at radius 1 is 0.846 bits per heavy atom. The van der Waals surface area contributed by atoms with E-state index in [2.05, 4.69) is 0 Å². The normalized spacial score (nSPS) is 6.31. The molecule has 0 radical (unpaired) electrons. The van der Waals surface area contributed by atoms with E-state index in [1.165, 1.54) is 0 Å². The monoisotopic (exact) mass is 228 g/mol. The highest BCUT2D eigenvalue weighted by molar-refractivity contribution is 7.79. The summed E-state index contributed by atoms with van der Waals surface area (Å²) in [5, 5.41) is 13.9. The van der Waals surface area contributed by atoms with Crippen molar-refractivity contribution in [3.8, 4) is 0 Å². The molecule has 0 aliphatic rings. The first-order valence-electron chi connectivity index (χ1n) is 1.35. The third kappa shape index (κ3) is 851. The molecule has 0 spiro atoms. The van der Waals surface area contributed by atoms with Crippen LogP contribution in [0.15, 0.2) is 0 Å². The maximum absolute atomic E-state index is 8.74. The quantitative estimate of drug-likeness (QED) is 0.259. The second-order valence-electron chi connectivity index (χ2n) is 0.730. The van der Waals surface area contributed by atoms with Crippen LogP contribution in [0.25, 0.3) is 0 Å². The van der Waals surface area contributed by atoms with Crippen LogP contribution in [-0.4, -0.2) is 33.9 Å². The van der Waals surface area contributed by atoms with E-state index < -0.39 is 16.6 Å². The number of hydrogen-bond acceptors (Lipinski definition) is 7. The summed E-state index contributed by atoms with van der Waals surface area (Å²) >= 11 is 0. The standard InChI is InChI=1S/CH2O3.4H3N.H2O4S/c2-1(3)4;;;;;1-5(2,3)4/h(H2,2,3,4);4*1H3;(H2,1,2,3,4). The number of carbonyl (C=O) groups is 1. The van der Waals surface area contributed by atoms with Gasteiger partial charge in [-0.15, -0.1) is 0 Å². The van der Waals surface area contributed by atoms with Crippen LogP contribution >= 0.6 is 0 Å². The van der Waals surface area contributed by atoms with Crippen molar-refractivity contribution >= 4 is 16.6 Å². The van der Waals surface area contributed by atoms with Gasteiger partial charge < -0.3 is 34.8 Å². The van der Waals surface area contributed by atoms with Crippen LogP contribution in [0.3, 0.4) is 0 Å². The van der Waals surface area contributed by atoms with Crippen LogP contribution in [0.5, 0.6) is 0 Å². The predicted molar refractivity (Wildman–Crippen MR) is 44.9 cm³/mol. The van der Waals surface area contributed by atoms with Gasteiger partial charge in [-0.1, -0.05) is 0 Å². The van der Waals surface area contributed by atoms with Crippen molar-refractivity contribution in [1.29, 1.82) is 0 Å². The van der Waals surface area contributed by atoms with E-state index in [-0.39, 0.29) is 24.6 Å². The highest BCUT2D eigenvalue weighted by atomic mass is 32.3. The van der Waals surface area contributed by atoms with Gasteiger partial charge in [0.05, 0.1) is 0 Å². The molecule has 0 fully saturated rings. The molecule has 0 bridgehead atoms. The molecular weight excluding hydrogens is 212 g/mol. The van der Waals surface area contributed by atoms with Crippen LogP contribution in [0.2, 0.25) is 0 Å². The minimum Gasteiger partial charge on any atom is -0.450 e. The molecule has 0 aliphatic carbocycles. The van der Waals surface area contributed by atoms with Gasteiger partial charge in [-0.25, -0.2) is 4.79 Å². The first kappa shape index (κ1) is 40.4. The highest BCUT2D eigenvalue weighted by Gasteiger charge is 1.84. The van der Waals surface area contributed by atoms with Crippen molar-refractivity contribution in [2.24, 2.45) is 0 Å². The summed E-state index contributed by atoms with van der Waals surface area (Å²) in [6.45, 7) is 0. The smallest absolute Gasteiger partial charge is 0.450 e. The molecule has 13 heavy (non-hydrogen) atoms. The molecule has 16 N–H and O–H groups in total. The van der Waals surface area contributed by atoms with Crippen LogP contribution in [0, 0.1) is 0 Å². The van der Waals surface area contributed by atoms with Crippen molar-refractivity contribution in [1.82, 2.24) is 24.6 Å². The van der Waals surface area contributed by atoms with Gasteiger partial charge in [0, 0.05) is 0 Å². The third-order valence-electron chi connectivity index (χ3n) is 0. The topological polar surface area (TPSA) is 272 Å². The van der Waals surface area contributed by atoms with Crippen molar-refractivity contribution in [2.75, 3.05) is 0 Å². The van der Waals surface area contributed by atoms with Crippen molar-refractivity contribution in [2.45, 2.75) is 0 Å². The van der Waals surface area contributed by atoms with Crippen LogP contribution in [-0.2, 0) is 10.4 Å². The Bertz CT molecular complexity index is 163. The Hall–Kier alpha value is -1.02. The van der Waals surface area contributed by atoms with Crippen LogP contribution < -0.4 is 24.6 Å². The Morgan fingerprint density at radius 2 is 0.846 bits per heavy atom. The summed E-state index contributed by atoms with van der Waals surface area (Å²) in [6.07, 6.45) is -1.83. The highest BCUT2D eigenvalue weighted by Crippen LogP contribution is 1.59. The SMILES string of the molecule is N.N.N.N.O=C(O)O.O=S(=O)(O)O. The lowest BCUT2D eigenvalue weighted by atomic mass is 11.5. The lowest BCUT2D eigenvalue weighted by Crippen LogP contribution is -1.89. The molecule has 0 unspecified atom stereocenters. The zero-order chi connectivity index (χ0) is 8.08. The van der Waals surface area contributed by atoms with E-state index >= 15 is 0 Å². The molecule has 0 aromatic carbocycles. The van der Waals surface area contributed by atoms with E-state index in [4.69, 9.17) is 32.5 Å². The van der Waals surface area contributed by atoms with Crippen molar-refractivity contribution in [3.05, 3.63) is 0 Å². The Labute approximate surface area is 74.7 Å². The second-order valence-corrected chi connectivity index (χ2v) is 1.63. The first-order valence-corrected chi connectivity index (χ1v) is 2.75. The minimum absolute atomic E-state index is 0. The molecule has 0 amide bonds. The van der Waals surface area contributed by atoms with Gasteiger partial charge in [0.2, 0.25) is 0 Å². The maximum Gasteiger partial charge on any atom is 0.503 e. The Kier molecular flexibility index (Phi) is 53.4. The molecule has 0 rings (SSSR count). The Balaban J connectivity index is -0.0000000146. The van der Waals surface area contributed by atoms with Gasteiger partial charge in [0.15, 0.2) is 0 Å². The average Bonchev–Trinajstić information content (AvgIpc) is 1.19. The van der Waals surface area contributed by atoms with Crippen molar-refractivity contribution < 1.29 is 32.5 Å². The van der Waals surface area contributed by atoms with Gasteiger partial charge in [0.1, 0.15) is 0 Å². The molecule has 0 atom stereocenters. The maximum atomic E-state index is 8.74. The van der Waals surface area contributed by atoms with Gasteiger partial charge in [-0.2, -0.15) is 8.42 Å². The predicted octanol–water partition coefficient (Wildman–Crippen LogP) is 0.218. The number of rotatable bonds is 0. The first-order chi connectivity index (χ1) is 3.73. The summed E-state index contributed by atoms with van der Waals surface area (Å²) in [5.74, 6) is 0. The zero-order valence-electron chi connectivity index (χ0n) is 6.75. The molecule has 0 saturated heterocycles. The summed E-state index contributed by atoms with van der Waals surface area (Å²) in [7, 11) is -4.67. The van der Waals surface area contributed by atoms with Gasteiger partial charge in [0.25, 0.3) is 0 Å². The molecule has 88 valence electrons. The summed E-state index contributed by atoms with van der Waals surface area (Å²) < 4.78 is 31.6.